The average molecular weight is 601 g/mol. The number of rotatable bonds is 6. The maximum Gasteiger partial charge on any atom is 0.298 e. The first-order chi connectivity index (χ1) is 21.2. The fraction of sp³-hybridized carbons (Fsp3) is 0.194. The van der Waals surface area contributed by atoms with E-state index in [0.29, 0.717) is 25.9 Å². The number of likely N-dealkylation sites (tertiary alicyclic amines) is 1. The first-order valence-electron chi connectivity index (χ1n) is 13.4. The van der Waals surface area contributed by atoms with Gasteiger partial charge in [-0.25, -0.2) is 13.8 Å². The van der Waals surface area contributed by atoms with Crippen LogP contribution in [-0.4, -0.2) is 57.8 Å². The standard InChI is InChI=1S/C31H26F2N6O5/c1-43-22-12-16-38(17-13-22)28(40)9-7-23-26(11-14-35-29(23)34)44-27-8-4-20(18-25(27)33)37-30(41)24-10-15-36-39(31(24)42)21-5-2-19(32)3-6-21/h2-6,8,10-11,14-15,18,22H,12-13,16-17H2,1H3,(H2,34,35)(H,37,41). The first kappa shape index (κ1) is 29.9. The summed E-state index contributed by atoms with van der Waals surface area (Å²) >= 11 is 0. The molecule has 4 aromatic rings. The molecule has 0 radical (unpaired) electrons. The van der Waals surface area contributed by atoms with Crippen molar-refractivity contribution < 1.29 is 27.8 Å². The number of carbonyl (C=O) groups is 2. The van der Waals surface area contributed by atoms with E-state index in [1.807, 2.05) is 0 Å². The Balaban J connectivity index is 1.30. The fourth-order valence-electron chi connectivity index (χ4n) is 4.49. The van der Waals surface area contributed by atoms with E-state index in [-0.39, 0.29) is 45.9 Å². The van der Waals surface area contributed by atoms with Crippen LogP contribution in [0.25, 0.3) is 5.69 Å². The minimum Gasteiger partial charge on any atom is -0.453 e. The summed E-state index contributed by atoms with van der Waals surface area (Å²) < 4.78 is 40.4. The molecule has 2 aromatic carbocycles. The molecule has 1 fully saturated rings. The molecule has 2 aromatic heterocycles. The molecule has 2 amide bonds. The summed E-state index contributed by atoms with van der Waals surface area (Å²) in [5.74, 6) is 2.58. The van der Waals surface area contributed by atoms with Crippen LogP contribution >= 0.6 is 0 Å². The maximum atomic E-state index is 15.1. The Morgan fingerprint density at radius 3 is 2.48 bits per heavy atom. The third kappa shape index (κ3) is 6.71. The molecule has 0 spiro atoms. The number of ether oxygens (including phenoxy) is 2. The molecule has 0 saturated carbocycles. The number of aromatic nitrogens is 3. The first-order valence-corrected chi connectivity index (χ1v) is 13.4. The highest BCUT2D eigenvalue weighted by molar-refractivity contribution is 6.04. The molecule has 0 aliphatic carbocycles. The number of amides is 2. The zero-order valence-electron chi connectivity index (χ0n) is 23.4. The average Bonchev–Trinajstić information content (AvgIpc) is 3.02. The smallest absolute Gasteiger partial charge is 0.298 e. The van der Waals surface area contributed by atoms with Gasteiger partial charge in [0.25, 0.3) is 17.4 Å². The molecule has 13 heteroatoms. The summed E-state index contributed by atoms with van der Waals surface area (Å²) in [6, 6.07) is 11.3. The number of nitrogens with zero attached hydrogens (tertiary/aromatic N) is 4. The molecule has 0 atom stereocenters. The zero-order chi connectivity index (χ0) is 31.2. The summed E-state index contributed by atoms with van der Waals surface area (Å²) in [6.45, 7) is 1.02. The topological polar surface area (TPSA) is 142 Å². The second kappa shape index (κ2) is 13.1. The van der Waals surface area contributed by atoms with Crippen LogP contribution in [0.15, 0.2) is 71.8 Å². The second-order valence-corrected chi connectivity index (χ2v) is 9.69. The Labute approximate surface area is 250 Å². The lowest BCUT2D eigenvalue weighted by Crippen LogP contribution is -2.40. The molecule has 3 heterocycles. The Kier molecular flexibility index (Phi) is 8.92. The Hall–Kier alpha value is -5.61. The van der Waals surface area contributed by atoms with Crippen molar-refractivity contribution in [3.63, 3.8) is 0 Å². The number of carbonyl (C=O) groups excluding carboxylic acids is 2. The Morgan fingerprint density at radius 1 is 1.02 bits per heavy atom. The Morgan fingerprint density at radius 2 is 1.77 bits per heavy atom. The van der Waals surface area contributed by atoms with Gasteiger partial charge < -0.3 is 25.4 Å². The molecular weight excluding hydrogens is 574 g/mol. The lowest BCUT2D eigenvalue weighted by molar-refractivity contribution is -0.127. The van der Waals surface area contributed by atoms with Gasteiger partial charge >= 0.3 is 0 Å². The van der Waals surface area contributed by atoms with Gasteiger partial charge in [0.15, 0.2) is 11.6 Å². The number of benzene rings is 2. The van der Waals surface area contributed by atoms with E-state index in [9.17, 15) is 18.8 Å². The van der Waals surface area contributed by atoms with E-state index in [1.54, 1.807) is 12.0 Å². The molecule has 5 rings (SSSR count). The predicted octanol–water partition coefficient (Wildman–Crippen LogP) is 3.52. The van der Waals surface area contributed by atoms with Crippen molar-refractivity contribution in [1.29, 1.82) is 0 Å². The highest BCUT2D eigenvalue weighted by atomic mass is 19.1. The van der Waals surface area contributed by atoms with E-state index >= 15 is 4.39 Å². The van der Waals surface area contributed by atoms with E-state index < -0.39 is 29.0 Å². The number of hydrogen-bond donors (Lipinski definition) is 2. The maximum absolute atomic E-state index is 15.1. The molecule has 1 saturated heterocycles. The van der Waals surface area contributed by atoms with Crippen molar-refractivity contribution >= 4 is 23.3 Å². The van der Waals surface area contributed by atoms with Gasteiger partial charge in [0.05, 0.1) is 11.8 Å². The van der Waals surface area contributed by atoms with Crippen molar-refractivity contribution in [2.75, 3.05) is 31.2 Å². The normalized spacial score (nSPS) is 13.1. The van der Waals surface area contributed by atoms with Crippen molar-refractivity contribution in [3.8, 4) is 29.0 Å². The van der Waals surface area contributed by atoms with Crippen LogP contribution in [0.1, 0.15) is 28.8 Å². The van der Waals surface area contributed by atoms with Crippen molar-refractivity contribution in [3.05, 3.63) is 100 Å². The zero-order valence-corrected chi connectivity index (χ0v) is 23.4. The van der Waals surface area contributed by atoms with E-state index in [0.717, 1.165) is 22.9 Å². The fourth-order valence-corrected chi connectivity index (χ4v) is 4.49. The number of nitrogen functional groups attached to an aromatic ring is 1. The number of halogens is 2. The minimum absolute atomic E-state index is 0.00572. The number of nitrogens with one attached hydrogen (secondary N) is 1. The van der Waals surface area contributed by atoms with Crippen LogP contribution in [0.2, 0.25) is 0 Å². The van der Waals surface area contributed by atoms with Crippen molar-refractivity contribution in [1.82, 2.24) is 19.7 Å². The quantitative estimate of drug-likeness (QED) is 0.320. The molecule has 3 N–H and O–H groups in total. The Bertz CT molecular complexity index is 1830. The number of methoxy groups -OCH3 is 1. The predicted molar refractivity (Wildman–Crippen MR) is 156 cm³/mol. The number of anilines is 2. The number of hydrogen-bond acceptors (Lipinski definition) is 8. The number of nitrogens with two attached hydrogens (primary N) is 1. The highest BCUT2D eigenvalue weighted by Crippen LogP contribution is 2.30. The van der Waals surface area contributed by atoms with Crippen LogP contribution in [0.3, 0.4) is 0 Å². The van der Waals surface area contributed by atoms with Gasteiger partial charge in [0.1, 0.15) is 28.5 Å². The van der Waals surface area contributed by atoms with Gasteiger partial charge in [-0.05, 0) is 61.2 Å². The molecule has 44 heavy (non-hydrogen) atoms. The van der Waals surface area contributed by atoms with Gasteiger partial charge in [0.2, 0.25) is 0 Å². The molecule has 1 aliphatic rings. The van der Waals surface area contributed by atoms with E-state index in [4.69, 9.17) is 15.2 Å². The minimum atomic E-state index is -0.840. The van der Waals surface area contributed by atoms with Crippen LogP contribution in [0, 0.1) is 23.5 Å². The SMILES string of the molecule is COC1CCN(C(=O)C#Cc2c(Oc3ccc(NC(=O)c4ccnn(-c5ccc(F)cc5)c4=O)cc3F)ccnc2N)CC1. The largest absolute Gasteiger partial charge is 0.453 e. The monoisotopic (exact) mass is 600 g/mol. The summed E-state index contributed by atoms with van der Waals surface area (Å²) in [5.41, 5.74) is 5.39. The molecule has 1 aliphatic heterocycles. The lowest BCUT2D eigenvalue weighted by atomic mass is 10.1. The van der Waals surface area contributed by atoms with Gasteiger partial charge in [-0.1, -0.05) is 0 Å². The van der Waals surface area contributed by atoms with E-state index in [2.05, 4.69) is 27.2 Å². The van der Waals surface area contributed by atoms with Crippen LogP contribution in [0.5, 0.6) is 11.5 Å². The van der Waals surface area contributed by atoms with Gasteiger partial charge in [-0.15, -0.1) is 0 Å². The number of pyridine rings is 1. The summed E-state index contributed by atoms with van der Waals surface area (Å²) in [6.07, 6.45) is 4.12. The van der Waals surface area contributed by atoms with Gasteiger partial charge in [-0.2, -0.15) is 9.78 Å². The third-order valence-electron chi connectivity index (χ3n) is 6.87. The number of piperidine rings is 1. The summed E-state index contributed by atoms with van der Waals surface area (Å²) in [5, 5.41) is 6.41. The second-order valence-electron chi connectivity index (χ2n) is 9.69. The lowest BCUT2D eigenvalue weighted by Gasteiger charge is -2.29. The van der Waals surface area contributed by atoms with Crippen LogP contribution in [-0.2, 0) is 9.53 Å². The summed E-state index contributed by atoms with van der Waals surface area (Å²) in [7, 11) is 1.64. The van der Waals surface area contributed by atoms with E-state index in [1.165, 1.54) is 48.8 Å². The third-order valence-corrected chi connectivity index (χ3v) is 6.87. The molecule has 0 unspecified atom stereocenters. The molecule has 11 nitrogen and oxygen atoms in total. The van der Waals surface area contributed by atoms with Crippen molar-refractivity contribution in [2.45, 2.75) is 18.9 Å². The molecular formula is C31H26F2N6O5. The molecule has 0 bridgehead atoms. The van der Waals surface area contributed by atoms with Gasteiger partial charge in [0, 0.05) is 56.3 Å². The summed E-state index contributed by atoms with van der Waals surface area (Å²) in [4.78, 5) is 44.0. The molecule has 224 valence electrons. The van der Waals surface area contributed by atoms with Crippen LogP contribution < -0.4 is 21.3 Å². The van der Waals surface area contributed by atoms with Gasteiger partial charge in [-0.3, -0.25) is 14.4 Å². The highest BCUT2D eigenvalue weighted by Gasteiger charge is 2.22. The van der Waals surface area contributed by atoms with Crippen molar-refractivity contribution in [2.24, 2.45) is 0 Å². The van der Waals surface area contributed by atoms with Crippen LogP contribution in [0.4, 0.5) is 20.3 Å².